The molecule has 0 amide bonds. The maximum Gasteiger partial charge on any atom is 0.416 e. The largest absolute Gasteiger partial charge is 0.416 e. The van der Waals surface area contributed by atoms with Crippen LogP contribution in [-0.2, 0) is 12.6 Å². The minimum Gasteiger partial charge on any atom is -0.388 e. The number of hydrogen-bond acceptors (Lipinski definition) is 2. The van der Waals surface area contributed by atoms with E-state index in [0.717, 1.165) is 12.1 Å². The molecular weight excluding hydrogens is 359 g/mol. The van der Waals surface area contributed by atoms with E-state index < -0.39 is 17.8 Å². The summed E-state index contributed by atoms with van der Waals surface area (Å²) in [4.78, 5) is 0. The van der Waals surface area contributed by atoms with Crippen molar-refractivity contribution in [2.45, 2.75) is 18.7 Å². The minimum absolute atomic E-state index is 0.146. The fourth-order valence-corrected chi connectivity index (χ4v) is 2.57. The number of benzene rings is 2. The van der Waals surface area contributed by atoms with Crippen LogP contribution in [0.15, 0.2) is 46.9 Å². The lowest BCUT2D eigenvalue weighted by Gasteiger charge is -2.14. The highest BCUT2D eigenvalue weighted by atomic mass is 79.9. The molecule has 0 fully saturated rings. The van der Waals surface area contributed by atoms with Gasteiger partial charge in [-0.2, -0.15) is 18.4 Å². The molecule has 0 aliphatic heterocycles. The molecule has 2 aromatic carbocycles. The number of nitriles is 1. The van der Waals surface area contributed by atoms with Gasteiger partial charge in [0.05, 0.1) is 23.3 Å². The van der Waals surface area contributed by atoms with Crippen LogP contribution in [0.3, 0.4) is 0 Å². The van der Waals surface area contributed by atoms with Crippen LogP contribution in [0.1, 0.15) is 28.4 Å². The van der Waals surface area contributed by atoms with Crippen LogP contribution in [0.5, 0.6) is 0 Å². The Morgan fingerprint density at radius 1 is 1.18 bits per heavy atom. The number of alkyl halides is 3. The maximum atomic E-state index is 12.6. The average molecular weight is 370 g/mol. The molecule has 0 aliphatic carbocycles. The Labute approximate surface area is 133 Å². The highest BCUT2D eigenvalue weighted by Gasteiger charge is 2.30. The van der Waals surface area contributed by atoms with Crippen molar-refractivity contribution in [1.29, 1.82) is 5.26 Å². The van der Waals surface area contributed by atoms with Gasteiger partial charge in [0.1, 0.15) is 0 Å². The molecule has 1 unspecified atom stereocenters. The lowest BCUT2D eigenvalue weighted by atomic mass is 9.99. The Hall–Kier alpha value is -1.84. The van der Waals surface area contributed by atoms with Crippen LogP contribution in [0.25, 0.3) is 0 Å². The number of halogens is 4. The first-order chi connectivity index (χ1) is 10.3. The van der Waals surface area contributed by atoms with Crippen LogP contribution < -0.4 is 0 Å². The molecular formula is C16H11BrF3NO. The van der Waals surface area contributed by atoms with E-state index >= 15 is 0 Å². The molecule has 0 spiro atoms. The van der Waals surface area contributed by atoms with Crippen molar-refractivity contribution in [3.8, 4) is 6.07 Å². The molecule has 22 heavy (non-hydrogen) atoms. The monoisotopic (exact) mass is 369 g/mol. The zero-order valence-corrected chi connectivity index (χ0v) is 12.8. The van der Waals surface area contributed by atoms with Gasteiger partial charge in [0.15, 0.2) is 0 Å². The van der Waals surface area contributed by atoms with Gasteiger partial charge in [-0.05, 0) is 35.4 Å². The molecule has 1 N–H and O–H groups in total. The zero-order valence-electron chi connectivity index (χ0n) is 11.2. The summed E-state index contributed by atoms with van der Waals surface area (Å²) in [6.07, 6.45) is -5.16. The van der Waals surface area contributed by atoms with E-state index in [4.69, 9.17) is 5.26 Å². The molecule has 2 nitrogen and oxygen atoms in total. The van der Waals surface area contributed by atoms with Gasteiger partial charge in [-0.15, -0.1) is 0 Å². The first kappa shape index (κ1) is 16.5. The molecule has 0 heterocycles. The van der Waals surface area contributed by atoms with Gasteiger partial charge < -0.3 is 5.11 Å². The summed E-state index contributed by atoms with van der Waals surface area (Å²) in [7, 11) is 0. The molecule has 0 aromatic heterocycles. The second-order valence-electron chi connectivity index (χ2n) is 4.76. The fourth-order valence-electron chi connectivity index (χ4n) is 2.03. The van der Waals surface area contributed by atoms with Gasteiger partial charge in [0, 0.05) is 10.9 Å². The Morgan fingerprint density at radius 3 is 2.50 bits per heavy atom. The molecule has 0 saturated carbocycles. The van der Waals surface area contributed by atoms with Gasteiger partial charge >= 0.3 is 6.18 Å². The summed E-state index contributed by atoms with van der Waals surface area (Å²) < 4.78 is 38.1. The van der Waals surface area contributed by atoms with Crippen LogP contribution in [0.2, 0.25) is 0 Å². The number of hydrogen-bond donors (Lipinski definition) is 1. The SMILES string of the molecule is N#Cc1cccc(C(O)Cc2ccc(C(F)(F)F)cc2Br)c1. The van der Waals surface area contributed by atoms with E-state index in [2.05, 4.69) is 15.9 Å². The second-order valence-corrected chi connectivity index (χ2v) is 5.62. The molecule has 6 heteroatoms. The normalized spacial score (nSPS) is 12.7. The molecule has 2 rings (SSSR count). The Bertz CT molecular complexity index is 722. The van der Waals surface area contributed by atoms with Crippen LogP contribution >= 0.6 is 15.9 Å². The van der Waals surface area contributed by atoms with Crippen LogP contribution in [0.4, 0.5) is 13.2 Å². The number of rotatable bonds is 3. The topological polar surface area (TPSA) is 44.0 Å². The molecule has 114 valence electrons. The highest BCUT2D eigenvalue weighted by Crippen LogP contribution is 2.33. The number of aliphatic hydroxyl groups is 1. The third kappa shape index (κ3) is 3.87. The highest BCUT2D eigenvalue weighted by molar-refractivity contribution is 9.10. The summed E-state index contributed by atoms with van der Waals surface area (Å²) in [6.45, 7) is 0. The van der Waals surface area contributed by atoms with Crippen LogP contribution in [-0.4, -0.2) is 5.11 Å². The smallest absolute Gasteiger partial charge is 0.388 e. The van der Waals surface area contributed by atoms with Gasteiger partial charge in [-0.3, -0.25) is 0 Å². The predicted octanol–water partition coefficient (Wildman–Crippen LogP) is 4.62. The summed E-state index contributed by atoms with van der Waals surface area (Å²) in [5, 5.41) is 19.0. The van der Waals surface area contributed by atoms with E-state index in [1.165, 1.54) is 6.07 Å². The molecule has 0 bridgehead atoms. The summed E-state index contributed by atoms with van der Waals surface area (Å²) in [5.41, 5.74) is 0.779. The van der Waals surface area contributed by atoms with Crippen LogP contribution in [0, 0.1) is 11.3 Å². The van der Waals surface area contributed by atoms with Crippen molar-refractivity contribution >= 4 is 15.9 Å². The lowest BCUT2D eigenvalue weighted by molar-refractivity contribution is -0.137. The van der Waals surface area contributed by atoms with Crippen molar-refractivity contribution < 1.29 is 18.3 Å². The first-order valence-electron chi connectivity index (χ1n) is 6.35. The first-order valence-corrected chi connectivity index (χ1v) is 7.14. The van der Waals surface area contributed by atoms with Crippen molar-refractivity contribution in [2.75, 3.05) is 0 Å². The molecule has 2 aromatic rings. The lowest BCUT2D eigenvalue weighted by Crippen LogP contribution is -2.07. The number of nitrogens with zero attached hydrogens (tertiary/aromatic N) is 1. The molecule has 1 atom stereocenters. The standard InChI is InChI=1S/C16H11BrF3NO/c17-14-8-13(16(18,19)20)5-4-11(14)7-15(22)12-3-1-2-10(6-12)9-21/h1-6,8,15,22H,7H2. The van der Waals surface area contributed by atoms with E-state index in [1.807, 2.05) is 6.07 Å². The third-order valence-electron chi connectivity index (χ3n) is 3.19. The quantitative estimate of drug-likeness (QED) is 0.857. The summed E-state index contributed by atoms with van der Waals surface area (Å²) in [5.74, 6) is 0. The van der Waals surface area contributed by atoms with E-state index in [9.17, 15) is 18.3 Å². The van der Waals surface area contributed by atoms with Crippen molar-refractivity contribution in [2.24, 2.45) is 0 Å². The summed E-state index contributed by atoms with van der Waals surface area (Å²) >= 11 is 3.11. The van der Waals surface area contributed by atoms with Gasteiger partial charge in [-0.1, -0.05) is 34.1 Å². The Morgan fingerprint density at radius 2 is 1.91 bits per heavy atom. The average Bonchev–Trinajstić information content (AvgIpc) is 2.48. The summed E-state index contributed by atoms with van der Waals surface area (Å²) in [6, 6.07) is 11.8. The van der Waals surface area contributed by atoms with E-state index in [1.54, 1.807) is 24.3 Å². The van der Waals surface area contributed by atoms with Gasteiger partial charge in [0.25, 0.3) is 0 Å². The Kier molecular flexibility index (Phi) is 4.89. The molecule has 0 aliphatic rings. The van der Waals surface area contributed by atoms with Gasteiger partial charge in [-0.25, -0.2) is 0 Å². The van der Waals surface area contributed by atoms with Crippen molar-refractivity contribution in [3.05, 3.63) is 69.2 Å². The van der Waals surface area contributed by atoms with E-state index in [0.29, 0.717) is 16.7 Å². The molecule has 0 radical (unpaired) electrons. The molecule has 0 saturated heterocycles. The maximum absolute atomic E-state index is 12.6. The fraction of sp³-hybridized carbons (Fsp3) is 0.188. The number of aliphatic hydroxyl groups excluding tert-OH is 1. The second kappa shape index (κ2) is 6.51. The zero-order chi connectivity index (χ0) is 16.3. The third-order valence-corrected chi connectivity index (χ3v) is 3.93. The predicted molar refractivity (Wildman–Crippen MR) is 79.0 cm³/mol. The Balaban J connectivity index is 2.21. The minimum atomic E-state index is -4.40. The van der Waals surface area contributed by atoms with Gasteiger partial charge in [0.2, 0.25) is 0 Å². The van der Waals surface area contributed by atoms with Crippen molar-refractivity contribution in [1.82, 2.24) is 0 Å². The van der Waals surface area contributed by atoms with E-state index in [-0.39, 0.29) is 10.9 Å². The van der Waals surface area contributed by atoms with Crippen molar-refractivity contribution in [3.63, 3.8) is 0 Å².